The molecule has 16 N–H and O–H groups in total. The number of H-pyrrole nitrogens is 1. The van der Waals surface area contributed by atoms with Crippen molar-refractivity contribution in [3.8, 4) is 17.2 Å². The molecule has 8 aromatic rings. The minimum Gasteiger partial charge on any atom is -0.508 e. The van der Waals surface area contributed by atoms with Crippen LogP contribution in [0.4, 0.5) is 0 Å². The average Bonchev–Trinajstić information content (AvgIpc) is 1.77. The highest BCUT2D eigenvalue weighted by atomic mass is 32.2. The van der Waals surface area contributed by atoms with Gasteiger partial charge in [-0.3, -0.25) is 76.7 Å². The number of phenols is 3. The molecular formula is C96H116N16O20S. The number of rotatable bonds is 23. The third kappa shape index (κ3) is 30.5. The SMILES string of the molecule is CCCC[C@H]1C(=O)N(C)CC(=O)N[C@@H](CC(=O)O)C(=O)NC(C(C)C)C(=O)N(C)[C@@H](Cc2ccccc2)C(=O)N[C@@H](Cc2ccc(O)cc2)C(=O)N(C)CC(=O)N[C@@H](Cc2c[nH]c3ccccc23)C(=O)N[C@@H](Cc2ccc(O)cc2)C(=O)N[C@@H](Cc2ccc(O)cc2)C(=O)N[C@H](C(=O)NCC(N)=O)CSCC(=O)N[C@@H](Cc2ccccc2)C(=O)N(C)[C@@H](Cc2ccccc2)C(=O)N1C. The summed E-state index contributed by atoms with van der Waals surface area (Å²) in [4.78, 5) is 245. The van der Waals surface area contributed by atoms with E-state index in [0.717, 1.165) is 36.3 Å². The third-order valence-electron chi connectivity index (χ3n) is 22.7. The second-order valence-corrected chi connectivity index (χ2v) is 34.3. The van der Waals surface area contributed by atoms with Crippen LogP contribution >= 0.6 is 11.8 Å². The number of hydrogen-bond acceptors (Lipinski definition) is 20. The summed E-state index contributed by atoms with van der Waals surface area (Å²) in [6.45, 7) is 2.58. The van der Waals surface area contributed by atoms with Gasteiger partial charge >= 0.3 is 5.97 Å². The molecule has 1 fully saturated rings. The monoisotopic (exact) mass is 1840 g/mol. The number of likely N-dealkylation sites (N-methyl/N-ethyl adjacent to an activating group) is 5. The number of aromatic hydroxyl groups is 3. The number of benzene rings is 7. The van der Waals surface area contributed by atoms with Crippen LogP contribution in [0.2, 0.25) is 0 Å². The lowest BCUT2D eigenvalue weighted by molar-refractivity contribution is -0.151. The smallest absolute Gasteiger partial charge is 0.305 e. The number of carboxylic acid groups (broad SMARTS) is 1. The third-order valence-corrected chi connectivity index (χ3v) is 23.8. The summed E-state index contributed by atoms with van der Waals surface area (Å²) in [5, 5.41) is 66.0. The number of carbonyl (C=O) groups is 16. The van der Waals surface area contributed by atoms with Crippen molar-refractivity contribution >= 4 is 117 Å². The molecule has 2 heterocycles. The molecule has 37 heteroatoms. The van der Waals surface area contributed by atoms with Crippen molar-refractivity contribution in [2.45, 2.75) is 158 Å². The van der Waals surface area contributed by atoms with Crippen LogP contribution in [0.5, 0.6) is 17.2 Å². The molecule has 133 heavy (non-hydrogen) atoms. The molecule has 1 aliphatic heterocycles. The van der Waals surface area contributed by atoms with Crippen molar-refractivity contribution in [1.29, 1.82) is 0 Å². The van der Waals surface area contributed by atoms with Crippen molar-refractivity contribution in [2.24, 2.45) is 11.7 Å². The van der Waals surface area contributed by atoms with Crippen molar-refractivity contribution in [2.75, 3.05) is 66.4 Å². The standard InChI is InChI=1S/C96H116N16O20S/c1-9-10-30-77-94(130)109(5)54-82(118)101-73(50-84(120)121)90(126)107-85(57(2)3)96(132)111(7)78(47-59-24-16-12-17-25-59)91(127)105-74(46-63-35-41-67(115)42-36-63)92(128)108(4)53-81(117)100-72(49-64-51-98-69-29-21-20-28-68(64)69)89(125)104-70(43-61-31-37-65(113)38-32-61)87(123)103-71(44-62-33-39-66(114)40-34-62)88(124)106-76(86(122)99-52-80(97)116)55-133-56-83(119)102-75(45-58-22-14-11-15-23-58)93(129)112(8)79(95(131)110(77)6)48-60-26-18-13-19-27-60/h11-29,31-42,51,57,70-79,85,98,113-115H,9-10,30,43-50,52-56H2,1-8H3,(H2,97,116)(H,99,122)(H,100,117)(H,101,118)(H,102,119)(H,103,123)(H,104,125)(H,105,127)(H,106,124)(H,107,126)(H,120,121)/t70-,71-,72-,73-,74-,75-,76-,77-,78-,79-,85?/m0/s1. The number of aromatic amines is 1. The molecule has 1 aromatic heterocycles. The fourth-order valence-electron chi connectivity index (χ4n) is 15.3. The molecule has 11 atom stereocenters. The lowest BCUT2D eigenvalue weighted by atomic mass is 9.98. The molecule has 0 bridgehead atoms. The molecule has 9 rings (SSSR count). The Morgan fingerprint density at radius 3 is 1.33 bits per heavy atom. The zero-order valence-electron chi connectivity index (χ0n) is 75.3. The summed E-state index contributed by atoms with van der Waals surface area (Å²) in [5.74, 6) is -17.9. The van der Waals surface area contributed by atoms with Gasteiger partial charge in [-0.25, -0.2) is 0 Å². The van der Waals surface area contributed by atoms with Crippen LogP contribution < -0.4 is 53.6 Å². The van der Waals surface area contributed by atoms with Gasteiger partial charge in [0.25, 0.3) is 0 Å². The first-order chi connectivity index (χ1) is 63.4. The van der Waals surface area contributed by atoms with E-state index < -0.39 is 205 Å². The van der Waals surface area contributed by atoms with Gasteiger partial charge in [-0.2, -0.15) is 0 Å². The zero-order chi connectivity index (χ0) is 96.7. The number of primary amides is 1. The number of fused-ring (bicyclic) bond motifs is 1. The predicted molar refractivity (Wildman–Crippen MR) is 494 cm³/mol. The Morgan fingerprint density at radius 2 is 0.835 bits per heavy atom. The number of carboxylic acids is 1. The van der Waals surface area contributed by atoms with Crippen LogP contribution in [0.3, 0.4) is 0 Å². The minimum atomic E-state index is -1.92. The van der Waals surface area contributed by atoms with Gasteiger partial charge in [-0.15, -0.1) is 11.8 Å². The lowest BCUT2D eigenvalue weighted by Crippen LogP contribution is -2.61. The van der Waals surface area contributed by atoms with Crippen molar-refractivity contribution in [3.05, 3.63) is 233 Å². The summed E-state index contributed by atoms with van der Waals surface area (Å²) < 4.78 is 0. The molecular weight excluding hydrogens is 1730 g/mol. The van der Waals surface area contributed by atoms with Crippen LogP contribution in [0.1, 0.15) is 85.4 Å². The Hall–Kier alpha value is -14.7. The number of nitrogens with one attached hydrogen (secondary N) is 10. The number of unbranched alkanes of at least 4 members (excludes halogenated alkanes) is 1. The predicted octanol–water partition coefficient (Wildman–Crippen LogP) is 2.23. The number of para-hydroxylation sites is 1. The van der Waals surface area contributed by atoms with Crippen LogP contribution in [0, 0.1) is 5.92 Å². The summed E-state index contributed by atoms with van der Waals surface area (Å²) in [7, 11) is 6.49. The van der Waals surface area contributed by atoms with E-state index in [1.165, 1.54) is 108 Å². The number of carbonyl (C=O) groups excluding carboxylic acids is 15. The van der Waals surface area contributed by atoms with Gasteiger partial charge in [0, 0.05) is 103 Å². The summed E-state index contributed by atoms with van der Waals surface area (Å²) in [5.41, 5.74) is 9.34. The van der Waals surface area contributed by atoms with Gasteiger partial charge in [-0.1, -0.05) is 179 Å². The van der Waals surface area contributed by atoms with Gasteiger partial charge in [0.15, 0.2) is 0 Å². The molecule has 1 unspecified atom stereocenters. The molecule has 706 valence electrons. The number of aliphatic carboxylic acids is 1. The molecule has 1 aliphatic rings. The number of amides is 15. The molecule has 0 saturated carbocycles. The number of hydrogen-bond donors (Lipinski definition) is 15. The fraction of sp³-hybridized carbons (Fsp3) is 0.375. The van der Waals surface area contributed by atoms with E-state index in [4.69, 9.17) is 5.73 Å². The summed E-state index contributed by atoms with van der Waals surface area (Å²) in [6.07, 6.45) is -0.401. The molecule has 15 amide bonds. The Morgan fingerprint density at radius 1 is 0.429 bits per heavy atom. The molecule has 0 spiro atoms. The van der Waals surface area contributed by atoms with Crippen LogP contribution in [-0.2, 0) is 122 Å². The van der Waals surface area contributed by atoms with Crippen LogP contribution in [0.25, 0.3) is 10.9 Å². The van der Waals surface area contributed by atoms with Gasteiger partial charge in [0.2, 0.25) is 88.6 Å². The quantitative estimate of drug-likeness (QED) is 0.0436. The van der Waals surface area contributed by atoms with E-state index >= 15 is 43.2 Å². The van der Waals surface area contributed by atoms with Crippen LogP contribution in [0.15, 0.2) is 194 Å². The Bertz CT molecular complexity index is 5400. The van der Waals surface area contributed by atoms with Crippen molar-refractivity contribution in [1.82, 2.24) is 77.3 Å². The Labute approximate surface area is 774 Å². The van der Waals surface area contributed by atoms with Gasteiger partial charge < -0.3 is 103 Å². The van der Waals surface area contributed by atoms with Crippen LogP contribution in [-0.4, -0.2) is 277 Å². The second kappa shape index (κ2) is 49.4. The summed E-state index contributed by atoms with van der Waals surface area (Å²) >= 11 is 0.793. The number of aromatic nitrogens is 1. The first-order valence-corrected chi connectivity index (χ1v) is 44.7. The maximum Gasteiger partial charge on any atom is 0.305 e. The zero-order valence-corrected chi connectivity index (χ0v) is 76.1. The molecule has 1 saturated heterocycles. The van der Waals surface area contributed by atoms with Crippen molar-refractivity contribution in [3.63, 3.8) is 0 Å². The highest BCUT2D eigenvalue weighted by Gasteiger charge is 2.42. The summed E-state index contributed by atoms with van der Waals surface area (Å²) in [6, 6.07) is 32.0. The largest absolute Gasteiger partial charge is 0.508 e. The second-order valence-electron chi connectivity index (χ2n) is 33.3. The van der Waals surface area contributed by atoms with Crippen molar-refractivity contribution < 1.29 is 97.1 Å². The molecule has 0 radical (unpaired) electrons. The van der Waals surface area contributed by atoms with Gasteiger partial charge in [-0.05, 0) is 93.7 Å². The maximum absolute atomic E-state index is 15.6. The lowest BCUT2D eigenvalue weighted by Gasteiger charge is -2.37. The normalized spacial score (nSPS) is 21.5. The number of phenolic OH excluding ortho intramolecular Hbond substituents is 3. The van der Waals surface area contributed by atoms with E-state index in [9.17, 15) is 54.0 Å². The first kappa shape index (κ1) is 102. The highest BCUT2D eigenvalue weighted by molar-refractivity contribution is 8.00. The topological polar surface area (TPSA) is 520 Å². The Balaban J connectivity index is 1.13. The van der Waals surface area contributed by atoms with E-state index in [-0.39, 0.29) is 68.6 Å². The first-order valence-electron chi connectivity index (χ1n) is 43.5. The number of nitrogens with zero attached hydrogens (tertiary/aromatic N) is 5. The van der Waals surface area contributed by atoms with Gasteiger partial charge in [0.1, 0.15) is 83.7 Å². The average molecular weight is 1850 g/mol. The minimum absolute atomic E-state index is 0.0179. The van der Waals surface area contributed by atoms with Gasteiger partial charge in [0.05, 0.1) is 31.8 Å². The highest BCUT2D eigenvalue weighted by Crippen LogP contribution is 2.25. The van der Waals surface area contributed by atoms with E-state index in [1.807, 2.05) is 6.92 Å². The number of nitrogens with two attached hydrogens (primary N) is 1. The molecule has 0 aliphatic carbocycles. The molecule has 36 nitrogen and oxygen atoms in total. The maximum atomic E-state index is 15.6. The number of thioether (sulfide) groups is 1. The Kier molecular flexibility index (Phi) is 37.9. The van der Waals surface area contributed by atoms with E-state index in [0.29, 0.717) is 62.7 Å². The fourth-order valence-corrected chi connectivity index (χ4v) is 16.2. The van der Waals surface area contributed by atoms with E-state index in [2.05, 4.69) is 52.8 Å². The molecule has 7 aromatic carbocycles. The van der Waals surface area contributed by atoms with E-state index in [1.54, 1.807) is 135 Å².